The molecule has 0 aliphatic heterocycles. The van der Waals surface area contributed by atoms with Gasteiger partial charge in [-0.3, -0.25) is 0 Å². The summed E-state index contributed by atoms with van der Waals surface area (Å²) in [6.07, 6.45) is 1.49. The summed E-state index contributed by atoms with van der Waals surface area (Å²) in [6, 6.07) is 9.58. The van der Waals surface area contributed by atoms with E-state index in [4.69, 9.17) is 27.9 Å². The van der Waals surface area contributed by atoms with Crippen LogP contribution in [-0.4, -0.2) is 15.0 Å². The van der Waals surface area contributed by atoms with Gasteiger partial charge in [-0.25, -0.2) is 15.0 Å². The van der Waals surface area contributed by atoms with E-state index in [1.807, 2.05) is 58.0 Å². The number of aryl methyl sites for hydroxylation is 3. The first-order chi connectivity index (χ1) is 12.8. The molecule has 0 fully saturated rings. The van der Waals surface area contributed by atoms with Gasteiger partial charge in [0.25, 0.3) is 0 Å². The summed E-state index contributed by atoms with van der Waals surface area (Å²) in [5, 5.41) is 4.32. The van der Waals surface area contributed by atoms with E-state index in [0.29, 0.717) is 27.5 Å². The Labute approximate surface area is 168 Å². The van der Waals surface area contributed by atoms with Crippen LogP contribution in [0.4, 0.5) is 5.82 Å². The Morgan fingerprint density at radius 2 is 1.70 bits per heavy atom. The fourth-order valence-corrected chi connectivity index (χ4v) is 2.90. The van der Waals surface area contributed by atoms with Crippen LogP contribution in [0.25, 0.3) is 0 Å². The molecule has 0 amide bonds. The molecular weight excluding hydrogens is 383 g/mol. The van der Waals surface area contributed by atoms with Crippen LogP contribution in [0.3, 0.4) is 0 Å². The standard InChI is InChI=1S/C20H20Cl2N4O/c1-11-9-17(21)20(26-12(11)2)27-16-7-5-15(6-8-16)13(3)25-19-18(22)14(4)23-10-24-19/h5-10,13H,1-4H3,(H,23,24,25). The molecule has 3 aromatic rings. The molecule has 0 saturated carbocycles. The summed E-state index contributed by atoms with van der Waals surface area (Å²) in [5.41, 5.74) is 3.72. The second kappa shape index (κ2) is 8.11. The summed E-state index contributed by atoms with van der Waals surface area (Å²) >= 11 is 12.5. The fourth-order valence-electron chi connectivity index (χ4n) is 2.50. The summed E-state index contributed by atoms with van der Waals surface area (Å²) in [4.78, 5) is 12.7. The minimum atomic E-state index is 0.00850. The first kappa shape index (κ1) is 19.4. The third-order valence-corrected chi connectivity index (χ3v) is 5.02. The number of benzene rings is 1. The lowest BCUT2D eigenvalue weighted by Gasteiger charge is -2.17. The second-order valence-electron chi connectivity index (χ2n) is 6.34. The maximum Gasteiger partial charge on any atom is 0.238 e. The van der Waals surface area contributed by atoms with Gasteiger partial charge in [-0.05, 0) is 57.0 Å². The molecule has 2 heterocycles. The van der Waals surface area contributed by atoms with Crippen LogP contribution in [0.5, 0.6) is 11.6 Å². The number of nitrogens with one attached hydrogen (secondary N) is 1. The van der Waals surface area contributed by atoms with E-state index < -0.39 is 0 Å². The molecule has 27 heavy (non-hydrogen) atoms. The third kappa shape index (κ3) is 4.49. The number of nitrogens with zero attached hydrogens (tertiary/aromatic N) is 3. The van der Waals surface area contributed by atoms with Gasteiger partial charge in [0, 0.05) is 11.7 Å². The van der Waals surface area contributed by atoms with Crippen molar-refractivity contribution in [1.82, 2.24) is 15.0 Å². The van der Waals surface area contributed by atoms with Crippen molar-refractivity contribution in [3.63, 3.8) is 0 Å². The van der Waals surface area contributed by atoms with Gasteiger partial charge >= 0.3 is 0 Å². The topological polar surface area (TPSA) is 59.9 Å². The quantitative estimate of drug-likeness (QED) is 0.560. The van der Waals surface area contributed by atoms with Gasteiger partial charge in [-0.1, -0.05) is 35.3 Å². The predicted molar refractivity (Wildman–Crippen MR) is 109 cm³/mol. The summed E-state index contributed by atoms with van der Waals surface area (Å²) in [5.74, 6) is 1.68. The molecule has 1 unspecified atom stereocenters. The summed E-state index contributed by atoms with van der Waals surface area (Å²) < 4.78 is 5.83. The van der Waals surface area contributed by atoms with Gasteiger partial charge in [-0.15, -0.1) is 0 Å². The number of ether oxygens (including phenoxy) is 1. The van der Waals surface area contributed by atoms with Crippen LogP contribution in [0.1, 0.15) is 35.5 Å². The maximum atomic E-state index is 6.25. The van der Waals surface area contributed by atoms with Gasteiger partial charge in [0.05, 0.1) is 5.69 Å². The fraction of sp³-hybridized carbons (Fsp3) is 0.250. The van der Waals surface area contributed by atoms with E-state index >= 15 is 0 Å². The number of rotatable bonds is 5. The van der Waals surface area contributed by atoms with Crippen molar-refractivity contribution in [2.45, 2.75) is 33.7 Å². The molecule has 3 rings (SSSR count). The highest BCUT2D eigenvalue weighted by molar-refractivity contribution is 6.33. The van der Waals surface area contributed by atoms with Crippen LogP contribution >= 0.6 is 23.2 Å². The Morgan fingerprint density at radius 1 is 1.00 bits per heavy atom. The Kier molecular flexibility index (Phi) is 5.82. The number of hydrogen-bond acceptors (Lipinski definition) is 5. The third-order valence-electron chi connectivity index (χ3n) is 4.30. The van der Waals surface area contributed by atoms with Crippen molar-refractivity contribution in [3.05, 3.63) is 69.2 Å². The minimum Gasteiger partial charge on any atom is -0.438 e. The molecule has 5 nitrogen and oxygen atoms in total. The molecule has 0 saturated heterocycles. The molecule has 1 N–H and O–H groups in total. The molecule has 140 valence electrons. The van der Waals surface area contributed by atoms with Gasteiger partial charge in [0.1, 0.15) is 27.9 Å². The summed E-state index contributed by atoms with van der Waals surface area (Å²) in [7, 11) is 0. The van der Waals surface area contributed by atoms with E-state index in [-0.39, 0.29) is 6.04 Å². The normalized spacial score (nSPS) is 11.9. The van der Waals surface area contributed by atoms with Crippen molar-refractivity contribution in [2.24, 2.45) is 0 Å². The van der Waals surface area contributed by atoms with Crippen LogP contribution in [0, 0.1) is 20.8 Å². The number of pyridine rings is 1. The van der Waals surface area contributed by atoms with Crippen molar-refractivity contribution >= 4 is 29.0 Å². The SMILES string of the molecule is Cc1cc(Cl)c(Oc2ccc(C(C)Nc3ncnc(C)c3Cl)cc2)nc1C. The molecule has 0 bridgehead atoms. The van der Waals surface area contributed by atoms with E-state index in [2.05, 4.69) is 20.3 Å². The summed E-state index contributed by atoms with van der Waals surface area (Å²) in [6.45, 7) is 7.77. The first-order valence-corrected chi connectivity index (χ1v) is 9.26. The van der Waals surface area contributed by atoms with Gasteiger partial charge in [-0.2, -0.15) is 0 Å². The van der Waals surface area contributed by atoms with Crippen molar-refractivity contribution in [3.8, 4) is 11.6 Å². The van der Waals surface area contributed by atoms with Gasteiger partial charge < -0.3 is 10.1 Å². The molecule has 0 radical (unpaired) electrons. The lowest BCUT2D eigenvalue weighted by atomic mass is 10.1. The van der Waals surface area contributed by atoms with Crippen molar-refractivity contribution < 1.29 is 4.74 Å². The monoisotopic (exact) mass is 402 g/mol. The Balaban J connectivity index is 1.73. The maximum absolute atomic E-state index is 6.25. The molecule has 1 aromatic carbocycles. The highest BCUT2D eigenvalue weighted by Gasteiger charge is 2.12. The number of hydrogen-bond donors (Lipinski definition) is 1. The second-order valence-corrected chi connectivity index (χ2v) is 7.12. The molecule has 0 aliphatic rings. The van der Waals surface area contributed by atoms with Crippen LogP contribution in [-0.2, 0) is 0 Å². The lowest BCUT2D eigenvalue weighted by Crippen LogP contribution is -2.09. The largest absolute Gasteiger partial charge is 0.438 e. The Bertz CT molecular complexity index is 961. The van der Waals surface area contributed by atoms with E-state index in [0.717, 1.165) is 22.5 Å². The molecule has 2 aromatic heterocycles. The highest BCUT2D eigenvalue weighted by Crippen LogP contribution is 2.30. The van der Waals surface area contributed by atoms with E-state index in [1.165, 1.54) is 6.33 Å². The molecule has 0 aliphatic carbocycles. The van der Waals surface area contributed by atoms with Crippen molar-refractivity contribution in [2.75, 3.05) is 5.32 Å². The molecular formula is C20H20Cl2N4O. The van der Waals surface area contributed by atoms with Crippen LogP contribution in [0.2, 0.25) is 10.0 Å². The zero-order chi connectivity index (χ0) is 19.6. The smallest absolute Gasteiger partial charge is 0.238 e. The van der Waals surface area contributed by atoms with Gasteiger partial charge in [0.2, 0.25) is 5.88 Å². The van der Waals surface area contributed by atoms with Crippen LogP contribution in [0.15, 0.2) is 36.7 Å². The number of aromatic nitrogens is 3. The van der Waals surface area contributed by atoms with E-state index in [1.54, 1.807) is 0 Å². The first-order valence-electron chi connectivity index (χ1n) is 8.50. The Hall–Kier alpha value is -2.37. The number of anilines is 1. The average molecular weight is 403 g/mol. The minimum absolute atomic E-state index is 0.00850. The van der Waals surface area contributed by atoms with Gasteiger partial charge in [0.15, 0.2) is 0 Å². The van der Waals surface area contributed by atoms with Crippen molar-refractivity contribution in [1.29, 1.82) is 0 Å². The molecule has 1 atom stereocenters. The highest BCUT2D eigenvalue weighted by atomic mass is 35.5. The van der Waals surface area contributed by atoms with Crippen LogP contribution < -0.4 is 10.1 Å². The Morgan fingerprint density at radius 3 is 2.41 bits per heavy atom. The number of halogens is 2. The predicted octanol–water partition coefficient (Wildman–Crippen LogP) is 6.07. The zero-order valence-electron chi connectivity index (χ0n) is 15.5. The van der Waals surface area contributed by atoms with E-state index in [9.17, 15) is 0 Å². The average Bonchev–Trinajstić information content (AvgIpc) is 2.64. The zero-order valence-corrected chi connectivity index (χ0v) is 17.1. The molecule has 0 spiro atoms. The lowest BCUT2D eigenvalue weighted by molar-refractivity contribution is 0.461. The molecule has 7 heteroatoms.